The van der Waals surface area contributed by atoms with Crippen molar-refractivity contribution in [1.29, 1.82) is 0 Å². The molecular weight excluding hydrogens is 335 g/mol. The minimum atomic E-state index is -1.62. The van der Waals surface area contributed by atoms with Crippen molar-refractivity contribution in [3.63, 3.8) is 0 Å². The fraction of sp³-hybridized carbons (Fsp3) is 0.500. The maximum Gasteiger partial charge on any atom is 0.252 e. The number of alkyl halides is 3. The van der Waals surface area contributed by atoms with Gasteiger partial charge in [-0.15, -0.1) is 0 Å². The molecule has 0 unspecified atom stereocenters. The van der Waals surface area contributed by atoms with Crippen LogP contribution in [0.4, 0.5) is 0 Å². The Labute approximate surface area is 139 Å². The standard InChI is InChI=1S/C14H17Cl3N2O2/c1-10-4-2-3-5-11(10)12(20)18-13(14(15,16)17)19-6-8-21-9-7-19/h2-5,13H,6-9H2,1H3,(H,18,20)/t13-/m1/s1. The molecule has 0 saturated carbocycles. The Morgan fingerprint density at radius 2 is 1.90 bits per heavy atom. The van der Waals surface area contributed by atoms with Gasteiger partial charge in [-0.05, 0) is 18.6 Å². The van der Waals surface area contributed by atoms with Crippen molar-refractivity contribution in [1.82, 2.24) is 10.2 Å². The van der Waals surface area contributed by atoms with Crippen LogP contribution in [-0.2, 0) is 4.74 Å². The molecule has 1 fully saturated rings. The lowest BCUT2D eigenvalue weighted by Crippen LogP contribution is -2.58. The second-order valence-corrected chi connectivity index (χ2v) is 7.25. The average Bonchev–Trinajstić information content (AvgIpc) is 2.44. The van der Waals surface area contributed by atoms with Crippen LogP contribution in [0.25, 0.3) is 0 Å². The van der Waals surface area contributed by atoms with Gasteiger partial charge in [-0.3, -0.25) is 9.69 Å². The zero-order chi connectivity index (χ0) is 15.5. The molecule has 7 heteroatoms. The molecule has 1 atom stereocenters. The van der Waals surface area contributed by atoms with E-state index in [1.54, 1.807) is 12.1 Å². The Morgan fingerprint density at radius 1 is 1.29 bits per heavy atom. The van der Waals surface area contributed by atoms with Crippen LogP contribution < -0.4 is 5.32 Å². The number of nitrogens with zero attached hydrogens (tertiary/aromatic N) is 1. The van der Waals surface area contributed by atoms with Crippen LogP contribution in [0.1, 0.15) is 15.9 Å². The molecular formula is C14H17Cl3N2O2. The summed E-state index contributed by atoms with van der Waals surface area (Å²) in [6.45, 7) is 4.18. The molecule has 0 aromatic heterocycles. The number of hydrogen-bond donors (Lipinski definition) is 1. The van der Waals surface area contributed by atoms with Crippen molar-refractivity contribution in [2.45, 2.75) is 16.9 Å². The van der Waals surface area contributed by atoms with E-state index < -0.39 is 9.96 Å². The Kier molecular flexibility index (Phi) is 5.74. The van der Waals surface area contributed by atoms with Crippen LogP contribution in [0.15, 0.2) is 24.3 Å². The highest BCUT2D eigenvalue weighted by atomic mass is 35.6. The minimum Gasteiger partial charge on any atom is -0.379 e. The van der Waals surface area contributed by atoms with E-state index >= 15 is 0 Å². The summed E-state index contributed by atoms with van der Waals surface area (Å²) in [7, 11) is 0. The second-order valence-electron chi connectivity index (χ2n) is 4.88. The smallest absolute Gasteiger partial charge is 0.252 e. The summed E-state index contributed by atoms with van der Waals surface area (Å²) in [4.78, 5) is 14.3. The van der Waals surface area contributed by atoms with Gasteiger partial charge >= 0.3 is 0 Å². The van der Waals surface area contributed by atoms with Crippen molar-refractivity contribution in [2.75, 3.05) is 26.3 Å². The van der Waals surface area contributed by atoms with Gasteiger partial charge in [-0.25, -0.2) is 0 Å². The van der Waals surface area contributed by atoms with Gasteiger partial charge in [0, 0.05) is 18.7 Å². The zero-order valence-corrected chi connectivity index (χ0v) is 13.9. The van der Waals surface area contributed by atoms with Crippen LogP contribution in [0, 0.1) is 6.92 Å². The molecule has 1 aliphatic heterocycles. The SMILES string of the molecule is Cc1ccccc1C(=O)N[C@H](N1CCOCC1)C(Cl)(Cl)Cl. The summed E-state index contributed by atoms with van der Waals surface area (Å²) < 4.78 is 3.67. The molecule has 21 heavy (non-hydrogen) atoms. The summed E-state index contributed by atoms with van der Waals surface area (Å²) in [5, 5.41) is 2.82. The van der Waals surface area contributed by atoms with Gasteiger partial charge in [0.2, 0.25) is 3.79 Å². The molecule has 1 N–H and O–H groups in total. The van der Waals surface area contributed by atoms with Gasteiger partial charge in [0.25, 0.3) is 5.91 Å². The van der Waals surface area contributed by atoms with Gasteiger partial charge in [0.05, 0.1) is 13.2 Å². The number of ether oxygens (including phenoxy) is 1. The first-order valence-corrected chi connectivity index (χ1v) is 7.78. The predicted molar refractivity (Wildman–Crippen MR) is 85.1 cm³/mol. The van der Waals surface area contributed by atoms with Crippen LogP contribution in [0.3, 0.4) is 0 Å². The summed E-state index contributed by atoms with van der Waals surface area (Å²) in [5.74, 6) is -0.254. The molecule has 0 aliphatic carbocycles. The Balaban J connectivity index is 2.15. The number of nitrogens with one attached hydrogen (secondary N) is 1. The molecule has 1 aromatic carbocycles. The van der Waals surface area contributed by atoms with Crippen molar-refractivity contribution in [2.24, 2.45) is 0 Å². The number of benzene rings is 1. The number of hydrogen-bond acceptors (Lipinski definition) is 3. The van der Waals surface area contributed by atoms with E-state index in [-0.39, 0.29) is 5.91 Å². The zero-order valence-electron chi connectivity index (χ0n) is 11.6. The first kappa shape index (κ1) is 16.8. The topological polar surface area (TPSA) is 41.6 Å². The largest absolute Gasteiger partial charge is 0.379 e. The second kappa shape index (κ2) is 7.16. The first-order chi connectivity index (χ1) is 9.89. The Hall–Kier alpha value is -0.520. The first-order valence-electron chi connectivity index (χ1n) is 6.64. The number of aryl methyl sites for hydroxylation is 1. The maximum absolute atomic E-state index is 12.4. The lowest BCUT2D eigenvalue weighted by Gasteiger charge is -2.38. The molecule has 1 aliphatic rings. The molecule has 0 bridgehead atoms. The third-order valence-corrected chi connectivity index (χ3v) is 4.00. The lowest BCUT2D eigenvalue weighted by molar-refractivity contribution is 0.00995. The summed E-state index contributed by atoms with van der Waals surface area (Å²) in [6, 6.07) is 7.30. The van der Waals surface area contributed by atoms with Crippen LogP contribution in [0.2, 0.25) is 0 Å². The van der Waals surface area contributed by atoms with Gasteiger partial charge in [0.1, 0.15) is 6.17 Å². The van der Waals surface area contributed by atoms with Gasteiger partial charge < -0.3 is 10.1 Å². The van der Waals surface area contributed by atoms with Crippen LogP contribution >= 0.6 is 34.8 Å². The normalized spacial score (nSPS) is 18.3. The van der Waals surface area contributed by atoms with E-state index in [4.69, 9.17) is 39.5 Å². The third-order valence-electron chi connectivity index (χ3n) is 3.38. The lowest BCUT2D eigenvalue weighted by atomic mass is 10.1. The maximum atomic E-state index is 12.4. The summed E-state index contributed by atoms with van der Waals surface area (Å²) in [6.07, 6.45) is -0.696. The van der Waals surface area contributed by atoms with E-state index in [1.807, 2.05) is 24.0 Å². The fourth-order valence-corrected chi connectivity index (χ4v) is 2.82. The quantitative estimate of drug-likeness (QED) is 0.852. The molecule has 1 saturated heterocycles. The summed E-state index contributed by atoms with van der Waals surface area (Å²) in [5.41, 5.74) is 1.45. The number of rotatable bonds is 3. The number of carbonyl (C=O) groups is 1. The van der Waals surface area contributed by atoms with E-state index in [0.717, 1.165) is 5.56 Å². The average molecular weight is 352 g/mol. The molecule has 0 spiro atoms. The van der Waals surface area contributed by atoms with E-state index in [2.05, 4.69) is 5.32 Å². The molecule has 1 amide bonds. The predicted octanol–water partition coefficient (Wildman–Crippen LogP) is 2.75. The molecule has 1 aromatic rings. The van der Waals surface area contributed by atoms with Crippen LogP contribution in [-0.4, -0.2) is 47.1 Å². The summed E-state index contributed by atoms with van der Waals surface area (Å²) >= 11 is 18.1. The highest BCUT2D eigenvalue weighted by Gasteiger charge is 2.39. The third kappa shape index (κ3) is 4.47. The molecule has 0 radical (unpaired) electrons. The fourth-order valence-electron chi connectivity index (χ4n) is 2.25. The van der Waals surface area contributed by atoms with Crippen molar-refractivity contribution < 1.29 is 9.53 Å². The minimum absolute atomic E-state index is 0.254. The number of morpholine rings is 1. The molecule has 2 rings (SSSR count). The molecule has 4 nitrogen and oxygen atoms in total. The Morgan fingerprint density at radius 3 is 2.48 bits per heavy atom. The van der Waals surface area contributed by atoms with Crippen molar-refractivity contribution in [3.05, 3.63) is 35.4 Å². The van der Waals surface area contributed by atoms with Gasteiger partial charge in [0.15, 0.2) is 0 Å². The number of carbonyl (C=O) groups excluding carboxylic acids is 1. The molecule has 116 valence electrons. The van der Waals surface area contributed by atoms with Crippen molar-refractivity contribution in [3.8, 4) is 0 Å². The van der Waals surface area contributed by atoms with Crippen LogP contribution in [0.5, 0.6) is 0 Å². The van der Waals surface area contributed by atoms with E-state index in [9.17, 15) is 4.79 Å². The molecule has 1 heterocycles. The van der Waals surface area contributed by atoms with Crippen molar-refractivity contribution >= 4 is 40.7 Å². The number of amides is 1. The highest BCUT2D eigenvalue weighted by molar-refractivity contribution is 6.68. The van der Waals surface area contributed by atoms with Gasteiger partial charge in [-0.2, -0.15) is 0 Å². The number of halogens is 3. The van der Waals surface area contributed by atoms with E-state index in [0.29, 0.717) is 31.9 Å². The Bertz CT molecular complexity index is 499. The van der Waals surface area contributed by atoms with E-state index in [1.165, 1.54) is 0 Å². The highest BCUT2D eigenvalue weighted by Crippen LogP contribution is 2.32. The monoisotopic (exact) mass is 350 g/mol. The van der Waals surface area contributed by atoms with Gasteiger partial charge in [-0.1, -0.05) is 53.0 Å².